The van der Waals surface area contributed by atoms with E-state index in [1.165, 1.54) is 20.3 Å². The predicted octanol–water partition coefficient (Wildman–Crippen LogP) is 7.73. The van der Waals surface area contributed by atoms with Crippen LogP contribution < -0.4 is 14.4 Å². The van der Waals surface area contributed by atoms with Crippen LogP contribution in [0.4, 0.5) is 19.4 Å². The zero-order valence-corrected chi connectivity index (χ0v) is 33.6. The second kappa shape index (κ2) is 17.0. The van der Waals surface area contributed by atoms with Gasteiger partial charge < -0.3 is 33.5 Å². The molecule has 3 heterocycles. The number of carbonyl (C=O) groups excluding carboxylic acids is 2. The molecule has 0 unspecified atom stereocenters. The molecule has 1 amide bonds. The summed E-state index contributed by atoms with van der Waals surface area (Å²) in [5, 5.41) is 1.60. The van der Waals surface area contributed by atoms with Gasteiger partial charge in [-0.05, 0) is 93.6 Å². The number of halogens is 2. The molecule has 1 aliphatic carbocycles. The number of rotatable bonds is 17. The van der Waals surface area contributed by atoms with E-state index < -0.39 is 17.2 Å². The van der Waals surface area contributed by atoms with E-state index in [2.05, 4.69) is 9.88 Å². The molecule has 3 aliphatic rings. The van der Waals surface area contributed by atoms with Crippen LogP contribution in [-0.4, -0.2) is 111 Å². The number of esters is 1. The number of aromatic nitrogens is 2. The molecule has 7 rings (SSSR count). The monoisotopic (exact) mass is 789 g/mol. The molecule has 2 saturated heterocycles. The summed E-state index contributed by atoms with van der Waals surface area (Å²) < 4.78 is 61.6. The van der Waals surface area contributed by atoms with Gasteiger partial charge in [0.25, 0.3) is 0 Å². The Balaban J connectivity index is 1.26. The molecular formula is C43H53F2N5O7. The molecular weight excluding hydrogens is 736 g/mol. The Morgan fingerprint density at radius 1 is 1.02 bits per heavy atom. The van der Waals surface area contributed by atoms with Crippen LogP contribution in [0.5, 0.6) is 11.8 Å². The Labute approximate surface area is 332 Å². The number of ether oxygens (including phenoxy) is 5. The van der Waals surface area contributed by atoms with Crippen molar-refractivity contribution in [1.29, 1.82) is 0 Å². The highest BCUT2D eigenvalue weighted by atomic mass is 19.1. The lowest BCUT2D eigenvalue weighted by Gasteiger charge is -2.47. The van der Waals surface area contributed by atoms with Crippen molar-refractivity contribution in [3.8, 4) is 22.9 Å². The summed E-state index contributed by atoms with van der Waals surface area (Å²) >= 11 is 0. The Kier molecular flexibility index (Phi) is 12.0. The highest BCUT2D eigenvalue weighted by Crippen LogP contribution is 2.47. The van der Waals surface area contributed by atoms with Gasteiger partial charge in [-0.15, -0.1) is 0 Å². The fourth-order valence-corrected chi connectivity index (χ4v) is 8.53. The number of hydrogen-bond donors (Lipinski definition) is 0. The van der Waals surface area contributed by atoms with Gasteiger partial charge in [0.1, 0.15) is 22.9 Å². The van der Waals surface area contributed by atoms with Gasteiger partial charge in [-0.1, -0.05) is 37.6 Å². The molecule has 3 aromatic carbocycles. The van der Waals surface area contributed by atoms with E-state index in [-0.39, 0.29) is 52.8 Å². The quantitative estimate of drug-likeness (QED) is 0.0595. The minimum Gasteiger partial charge on any atom is -0.469 e. The molecule has 3 fully saturated rings. The van der Waals surface area contributed by atoms with E-state index in [0.29, 0.717) is 61.7 Å². The summed E-state index contributed by atoms with van der Waals surface area (Å²) in [6, 6.07) is 11.9. The van der Waals surface area contributed by atoms with E-state index in [1.807, 2.05) is 55.0 Å². The molecule has 0 N–H and O–H groups in total. The third kappa shape index (κ3) is 8.57. The zero-order chi connectivity index (χ0) is 40.3. The van der Waals surface area contributed by atoms with Crippen molar-refractivity contribution >= 4 is 39.6 Å². The van der Waals surface area contributed by atoms with E-state index >= 15 is 8.78 Å². The lowest BCUT2D eigenvalue weighted by molar-refractivity contribution is -0.140. The van der Waals surface area contributed by atoms with Gasteiger partial charge >= 0.3 is 18.1 Å². The summed E-state index contributed by atoms with van der Waals surface area (Å²) in [5.41, 5.74) is -0.729. The van der Waals surface area contributed by atoms with E-state index in [0.717, 1.165) is 57.0 Å². The largest absolute Gasteiger partial charge is 0.469 e. The third-order valence-electron chi connectivity index (χ3n) is 11.7. The molecule has 2 aliphatic heterocycles. The van der Waals surface area contributed by atoms with Gasteiger partial charge in [0.2, 0.25) is 0 Å². The summed E-state index contributed by atoms with van der Waals surface area (Å²) in [5.74, 6) is -1.10. The normalized spacial score (nSPS) is 19.7. The molecule has 2 atom stereocenters. The highest BCUT2D eigenvalue weighted by Gasteiger charge is 2.52. The summed E-state index contributed by atoms with van der Waals surface area (Å²) in [4.78, 5) is 40.6. The first-order valence-corrected chi connectivity index (χ1v) is 19.9. The van der Waals surface area contributed by atoms with Crippen LogP contribution in [-0.2, 0) is 19.0 Å². The van der Waals surface area contributed by atoms with Gasteiger partial charge in [-0.2, -0.15) is 9.97 Å². The molecule has 4 aromatic rings. The number of hydrogen-bond acceptors (Lipinski definition) is 11. The lowest BCUT2D eigenvalue weighted by Crippen LogP contribution is -2.62. The van der Waals surface area contributed by atoms with Crippen molar-refractivity contribution in [3.63, 3.8) is 0 Å². The number of carbonyl (C=O) groups is 2. The molecule has 1 aromatic heterocycles. The Bertz CT molecular complexity index is 2120. The lowest BCUT2D eigenvalue weighted by atomic mass is 9.95. The maximum absolute atomic E-state index is 17.3. The Morgan fingerprint density at radius 3 is 2.56 bits per heavy atom. The summed E-state index contributed by atoms with van der Waals surface area (Å²) in [7, 11) is 4.91. The zero-order valence-electron chi connectivity index (χ0n) is 33.6. The number of fused-ring (bicyclic) bond motifs is 4. The standard InChI is InChI=1S/C43H53F2N5O7/c1-6-7-19-55-41(52)50-29-14-15-42(50,2)24-49(23-29)39-33-22-34(44)36(32-21-30(57-27-53-4)20-28-11-8-9-12-31(28)32)37(45)38(33)46-40(47-39)56-26-43(16-17-43)25-48(3)18-10-13-35(51)54-5/h8-9,11-12,20-22,29H,6-7,10,13-19,23-27H2,1-5H3/t29-,42+/m1/s1. The maximum atomic E-state index is 17.3. The molecule has 0 spiro atoms. The number of methoxy groups -OCH3 is 2. The van der Waals surface area contributed by atoms with Crippen LogP contribution in [0.1, 0.15) is 65.2 Å². The first-order valence-electron chi connectivity index (χ1n) is 19.9. The van der Waals surface area contributed by atoms with E-state index in [1.54, 1.807) is 12.1 Å². The number of amides is 1. The average Bonchev–Trinajstić information content (AvgIpc) is 3.92. The predicted molar refractivity (Wildman–Crippen MR) is 213 cm³/mol. The molecule has 57 heavy (non-hydrogen) atoms. The number of nitrogens with zero attached hydrogens (tertiary/aromatic N) is 5. The van der Waals surface area contributed by atoms with Crippen LogP contribution in [0.3, 0.4) is 0 Å². The van der Waals surface area contributed by atoms with Crippen LogP contribution in [0.2, 0.25) is 0 Å². The third-order valence-corrected chi connectivity index (χ3v) is 11.7. The fourth-order valence-electron chi connectivity index (χ4n) is 8.53. The van der Waals surface area contributed by atoms with E-state index in [9.17, 15) is 9.59 Å². The van der Waals surface area contributed by atoms with Crippen LogP contribution in [0.25, 0.3) is 32.8 Å². The van der Waals surface area contributed by atoms with E-state index in [4.69, 9.17) is 28.7 Å². The second-order valence-electron chi connectivity index (χ2n) is 16.1. The minimum atomic E-state index is -0.841. The Morgan fingerprint density at radius 2 is 1.82 bits per heavy atom. The van der Waals surface area contributed by atoms with Gasteiger partial charge in [0.15, 0.2) is 12.6 Å². The molecule has 14 heteroatoms. The molecule has 2 bridgehead atoms. The summed E-state index contributed by atoms with van der Waals surface area (Å²) in [6.07, 6.45) is 5.78. The number of anilines is 1. The number of unbranched alkanes of at least 4 members (excludes halogenated alkanes) is 1. The average molecular weight is 790 g/mol. The molecule has 306 valence electrons. The topological polar surface area (TPSA) is 116 Å². The fraction of sp³-hybridized carbons (Fsp3) is 0.535. The molecule has 12 nitrogen and oxygen atoms in total. The number of piperazine rings is 1. The SMILES string of the molecule is CCCCOC(=O)N1[C@@H]2CC[C@@]1(C)CN(c1nc(OCC3(CN(C)CCCC(=O)OC)CC3)nc3c(F)c(-c4cc(OCOC)cc5ccccc45)c(F)cc13)C2. The number of benzene rings is 3. The van der Waals surface area contributed by atoms with Crippen molar-refractivity contribution in [1.82, 2.24) is 19.8 Å². The van der Waals surface area contributed by atoms with Crippen molar-refractivity contribution in [2.45, 2.75) is 76.8 Å². The maximum Gasteiger partial charge on any atom is 0.410 e. The first-order chi connectivity index (χ1) is 27.5. The van der Waals surface area contributed by atoms with Crippen LogP contribution in [0.15, 0.2) is 42.5 Å². The summed E-state index contributed by atoms with van der Waals surface area (Å²) in [6.45, 7) is 6.95. The Hall–Kier alpha value is -4.82. The molecule has 0 radical (unpaired) electrons. The van der Waals surface area contributed by atoms with Gasteiger partial charge in [0, 0.05) is 44.0 Å². The molecule has 1 saturated carbocycles. The van der Waals surface area contributed by atoms with Gasteiger partial charge in [0.05, 0.1) is 37.5 Å². The highest BCUT2D eigenvalue weighted by molar-refractivity contribution is 6.01. The first kappa shape index (κ1) is 40.4. The minimum absolute atomic E-state index is 0.00507. The van der Waals surface area contributed by atoms with Crippen molar-refractivity contribution < 1.29 is 42.1 Å². The van der Waals surface area contributed by atoms with Gasteiger partial charge in [-0.25, -0.2) is 13.6 Å². The van der Waals surface area contributed by atoms with Crippen molar-refractivity contribution in [2.24, 2.45) is 5.41 Å². The smallest absolute Gasteiger partial charge is 0.410 e. The van der Waals surface area contributed by atoms with Crippen LogP contribution >= 0.6 is 0 Å². The second-order valence-corrected chi connectivity index (χ2v) is 16.1. The van der Waals surface area contributed by atoms with Crippen LogP contribution in [0, 0.1) is 17.0 Å². The van der Waals surface area contributed by atoms with Crippen molar-refractivity contribution in [2.75, 3.05) is 72.4 Å². The van der Waals surface area contributed by atoms with Crippen molar-refractivity contribution in [3.05, 3.63) is 54.1 Å². The van der Waals surface area contributed by atoms with Gasteiger partial charge in [-0.3, -0.25) is 9.69 Å².